The van der Waals surface area contributed by atoms with Crippen molar-refractivity contribution in [3.8, 4) is 5.75 Å². The van der Waals surface area contributed by atoms with Gasteiger partial charge in [-0.25, -0.2) is 18.4 Å². The summed E-state index contributed by atoms with van der Waals surface area (Å²) < 4.78 is 42.0. The second-order valence-electron chi connectivity index (χ2n) is 12.9. The number of nitrogens with two attached hydrogens (primary N) is 1. The van der Waals surface area contributed by atoms with Gasteiger partial charge in [0.25, 0.3) is 0 Å². The molecule has 9 nitrogen and oxygen atoms in total. The van der Waals surface area contributed by atoms with Crippen molar-refractivity contribution < 1.29 is 32.5 Å². The molecule has 2 aromatic rings. The number of carboxylic acids is 1. The minimum Gasteiger partial charge on any atom is -0.490 e. The number of halogens is 1. The fourth-order valence-corrected chi connectivity index (χ4v) is 7.92. The first-order chi connectivity index (χ1) is 20.5. The van der Waals surface area contributed by atoms with E-state index in [-0.39, 0.29) is 29.8 Å². The Kier molecular flexibility index (Phi) is 8.69. The molecule has 0 amide bonds. The van der Waals surface area contributed by atoms with Crippen molar-refractivity contribution in [2.75, 3.05) is 37.8 Å². The Labute approximate surface area is 258 Å². The lowest BCUT2D eigenvalue weighted by Gasteiger charge is -2.47. The summed E-state index contributed by atoms with van der Waals surface area (Å²) in [7, 11) is -3.64. The number of sulfonamides is 1. The number of aromatic carboxylic acids is 1. The largest absolute Gasteiger partial charge is 0.490 e. The van der Waals surface area contributed by atoms with E-state index in [9.17, 15) is 18.3 Å². The van der Waals surface area contributed by atoms with Crippen LogP contribution in [0.4, 0.5) is 5.69 Å². The van der Waals surface area contributed by atoms with Crippen molar-refractivity contribution >= 4 is 33.3 Å². The van der Waals surface area contributed by atoms with Gasteiger partial charge >= 0.3 is 5.97 Å². The highest BCUT2D eigenvalue weighted by Gasteiger charge is 2.45. The Bertz CT molecular complexity index is 1470. The van der Waals surface area contributed by atoms with Crippen molar-refractivity contribution in [3.05, 3.63) is 58.1 Å². The first-order valence-electron chi connectivity index (χ1n) is 15.3. The summed E-state index contributed by atoms with van der Waals surface area (Å²) in [5.74, 6) is 0.451. The summed E-state index contributed by atoms with van der Waals surface area (Å²) >= 11 is 6.38. The fraction of sp³-hybridized carbons (Fsp3) is 0.594. The number of carboxylic acid groups (broad SMARTS) is 1. The molecule has 0 radical (unpaired) electrons. The summed E-state index contributed by atoms with van der Waals surface area (Å²) in [4.78, 5) is 14.3. The highest BCUT2D eigenvalue weighted by atomic mass is 35.5. The highest BCUT2D eigenvalue weighted by molar-refractivity contribution is 7.89. The molecule has 1 spiro atoms. The third-order valence-corrected chi connectivity index (χ3v) is 11.6. The Balaban J connectivity index is 1.23. The lowest BCUT2D eigenvalue weighted by molar-refractivity contribution is -0.116. The number of anilines is 1. The minimum absolute atomic E-state index is 0.0295. The number of hydrogen-bond donors (Lipinski definition) is 2. The van der Waals surface area contributed by atoms with Crippen LogP contribution in [0.1, 0.15) is 66.9 Å². The van der Waals surface area contributed by atoms with Crippen LogP contribution in [0.2, 0.25) is 5.02 Å². The SMILES string of the molecule is CC(CO[C@H]1CCO[C@@H]([C@@H]2CC[C@H]2CN2C[C@@]3(CCCc4cc(Cl)ccc43)COc3ccc(C(=O)O)cc32)C1)S(N)(=O)=O. The second-order valence-corrected chi connectivity index (χ2v) is 15.3. The van der Waals surface area contributed by atoms with Crippen molar-refractivity contribution in [3.63, 3.8) is 0 Å². The quantitative estimate of drug-likeness (QED) is 0.426. The summed E-state index contributed by atoms with van der Waals surface area (Å²) in [6, 6.07) is 11.4. The molecule has 2 aliphatic carbocycles. The standard InChI is InChI=1S/C32H41ClN2O7S/c1-20(43(34,38)39)17-41-25-10-12-40-30(15-25)26-7-4-23(26)16-35-18-32(11-2-3-21-13-24(33)6-8-27(21)32)19-42-29-9-5-22(31(36)37)14-28(29)35/h5-6,8-9,13-14,20,23,25-26,30H,2-4,7,10-12,15-19H2,1H3,(H,36,37)(H2,34,38,39)/t20?,23-,25-,26+,30+,32-/m0/s1. The Morgan fingerprint density at radius 2 is 2.07 bits per heavy atom. The first-order valence-corrected chi connectivity index (χ1v) is 17.3. The number of ether oxygens (including phenoxy) is 3. The number of rotatable bonds is 8. The number of carbonyl (C=O) groups is 1. The van der Waals surface area contributed by atoms with Gasteiger partial charge in [0.05, 0.1) is 41.9 Å². The normalized spacial score (nSPS) is 29.5. The van der Waals surface area contributed by atoms with Crippen LogP contribution >= 0.6 is 11.6 Å². The van der Waals surface area contributed by atoms with Crippen LogP contribution < -0.4 is 14.8 Å². The maximum absolute atomic E-state index is 12.0. The van der Waals surface area contributed by atoms with E-state index in [1.54, 1.807) is 25.1 Å². The number of benzene rings is 2. The zero-order chi connectivity index (χ0) is 30.4. The van der Waals surface area contributed by atoms with Gasteiger partial charge in [0.15, 0.2) is 0 Å². The molecule has 234 valence electrons. The molecule has 1 saturated heterocycles. The Morgan fingerprint density at radius 1 is 1.23 bits per heavy atom. The Hall–Kier alpha value is -2.37. The van der Waals surface area contributed by atoms with Gasteiger partial charge < -0.3 is 24.2 Å². The third-order valence-electron chi connectivity index (χ3n) is 10.1. The predicted octanol–water partition coefficient (Wildman–Crippen LogP) is 4.78. The molecule has 1 unspecified atom stereocenters. The van der Waals surface area contributed by atoms with E-state index in [4.69, 9.17) is 31.0 Å². The zero-order valence-electron chi connectivity index (χ0n) is 24.5. The zero-order valence-corrected chi connectivity index (χ0v) is 26.1. The van der Waals surface area contributed by atoms with Gasteiger partial charge in [0.2, 0.25) is 10.0 Å². The highest BCUT2D eigenvalue weighted by Crippen LogP contribution is 2.47. The van der Waals surface area contributed by atoms with E-state index < -0.39 is 21.2 Å². The maximum atomic E-state index is 12.0. The van der Waals surface area contributed by atoms with Gasteiger partial charge in [-0.2, -0.15) is 0 Å². The van der Waals surface area contributed by atoms with Crippen molar-refractivity contribution in [1.82, 2.24) is 0 Å². The number of nitrogens with zero attached hydrogens (tertiary/aromatic N) is 1. The van der Waals surface area contributed by atoms with E-state index in [1.807, 2.05) is 6.07 Å². The molecule has 2 fully saturated rings. The summed E-state index contributed by atoms with van der Waals surface area (Å²) in [5.41, 5.74) is 3.37. The fourth-order valence-electron chi connectivity index (χ4n) is 7.45. The van der Waals surface area contributed by atoms with Gasteiger partial charge in [-0.05, 0) is 98.7 Å². The molecule has 4 aliphatic rings. The molecule has 0 bridgehead atoms. The van der Waals surface area contributed by atoms with Crippen LogP contribution in [0, 0.1) is 11.8 Å². The first kappa shape index (κ1) is 30.6. The third kappa shape index (κ3) is 6.40. The number of hydrogen-bond acceptors (Lipinski definition) is 7. The lowest BCUT2D eigenvalue weighted by Crippen LogP contribution is -2.51. The molecule has 0 aromatic heterocycles. The molecule has 6 atom stereocenters. The van der Waals surface area contributed by atoms with Crippen molar-refractivity contribution in [2.45, 2.75) is 74.7 Å². The van der Waals surface area contributed by atoms with Gasteiger partial charge in [0, 0.05) is 36.6 Å². The van der Waals surface area contributed by atoms with Crippen LogP contribution in [0.3, 0.4) is 0 Å². The molecule has 3 N–H and O–H groups in total. The monoisotopic (exact) mass is 632 g/mol. The average molecular weight is 633 g/mol. The maximum Gasteiger partial charge on any atom is 0.335 e. The van der Waals surface area contributed by atoms with Crippen LogP contribution in [0.25, 0.3) is 0 Å². The van der Waals surface area contributed by atoms with E-state index in [0.29, 0.717) is 30.8 Å². The Morgan fingerprint density at radius 3 is 2.81 bits per heavy atom. The van der Waals surface area contributed by atoms with Gasteiger partial charge in [-0.3, -0.25) is 0 Å². The van der Waals surface area contributed by atoms with E-state index in [0.717, 1.165) is 68.7 Å². The second kappa shape index (κ2) is 12.2. The summed E-state index contributed by atoms with van der Waals surface area (Å²) in [5, 5.41) is 15.1. The molecule has 2 aromatic carbocycles. The van der Waals surface area contributed by atoms with Crippen LogP contribution in [0.15, 0.2) is 36.4 Å². The van der Waals surface area contributed by atoms with Gasteiger partial charge in [-0.15, -0.1) is 0 Å². The molecule has 11 heteroatoms. The summed E-state index contributed by atoms with van der Waals surface area (Å²) in [6.07, 6.45) is 6.52. The number of aryl methyl sites for hydroxylation is 1. The van der Waals surface area contributed by atoms with Gasteiger partial charge in [-0.1, -0.05) is 17.7 Å². The van der Waals surface area contributed by atoms with Crippen LogP contribution in [-0.2, 0) is 31.3 Å². The van der Waals surface area contributed by atoms with Crippen LogP contribution in [-0.4, -0.2) is 69.9 Å². The van der Waals surface area contributed by atoms with Gasteiger partial charge in [0.1, 0.15) is 5.75 Å². The van der Waals surface area contributed by atoms with E-state index in [2.05, 4.69) is 17.0 Å². The molecule has 6 rings (SSSR count). The molecular weight excluding hydrogens is 592 g/mol. The molecule has 43 heavy (non-hydrogen) atoms. The van der Waals surface area contributed by atoms with Crippen LogP contribution in [0.5, 0.6) is 5.75 Å². The lowest BCUT2D eigenvalue weighted by atomic mass is 9.67. The number of primary sulfonamides is 1. The predicted molar refractivity (Wildman–Crippen MR) is 165 cm³/mol. The number of fused-ring (bicyclic) bond motifs is 3. The average Bonchev–Trinajstić information content (AvgIpc) is 3.10. The van der Waals surface area contributed by atoms with Crippen molar-refractivity contribution in [1.29, 1.82) is 0 Å². The minimum atomic E-state index is -3.64. The van der Waals surface area contributed by atoms with E-state index in [1.165, 1.54) is 11.1 Å². The molecule has 2 heterocycles. The molecule has 1 saturated carbocycles. The molecular formula is C32H41ClN2O7S. The summed E-state index contributed by atoms with van der Waals surface area (Å²) in [6.45, 7) is 4.24. The van der Waals surface area contributed by atoms with E-state index >= 15 is 0 Å². The molecule has 2 aliphatic heterocycles. The smallest absolute Gasteiger partial charge is 0.335 e. The van der Waals surface area contributed by atoms with Crippen molar-refractivity contribution in [2.24, 2.45) is 17.0 Å². The topological polar surface area (TPSA) is 128 Å².